The zero-order chi connectivity index (χ0) is 16.7. The Labute approximate surface area is 137 Å². The topological polar surface area (TPSA) is 50.4 Å². The van der Waals surface area contributed by atoms with E-state index in [9.17, 15) is 4.79 Å². The molecule has 1 amide bonds. The van der Waals surface area contributed by atoms with Crippen LogP contribution in [0.4, 0.5) is 5.69 Å². The number of benzene rings is 2. The van der Waals surface area contributed by atoms with Gasteiger partial charge in [-0.1, -0.05) is 24.3 Å². The molecule has 0 fully saturated rings. The third-order valence-electron chi connectivity index (χ3n) is 3.73. The fourth-order valence-corrected chi connectivity index (χ4v) is 2.30. The molecule has 0 spiro atoms. The molecule has 0 atom stereocenters. The molecule has 0 aliphatic carbocycles. The number of amides is 1. The minimum absolute atomic E-state index is 0.000539. The van der Waals surface area contributed by atoms with Crippen LogP contribution in [0.1, 0.15) is 16.7 Å². The van der Waals surface area contributed by atoms with Crippen molar-refractivity contribution in [3.63, 3.8) is 0 Å². The molecule has 0 aromatic heterocycles. The van der Waals surface area contributed by atoms with Gasteiger partial charge in [0.2, 0.25) is 5.91 Å². The summed E-state index contributed by atoms with van der Waals surface area (Å²) in [6.45, 7) is 4.98. The molecular weight excluding hydrogens is 288 g/mol. The van der Waals surface area contributed by atoms with Crippen molar-refractivity contribution in [3.8, 4) is 5.75 Å². The predicted octanol–water partition coefficient (Wildman–Crippen LogP) is 3.08. The summed E-state index contributed by atoms with van der Waals surface area (Å²) in [5.74, 6) is 0.843. The van der Waals surface area contributed by atoms with Crippen molar-refractivity contribution >= 4 is 11.6 Å². The van der Waals surface area contributed by atoms with E-state index < -0.39 is 0 Å². The van der Waals surface area contributed by atoms with Gasteiger partial charge in [0.15, 0.2) is 0 Å². The van der Waals surface area contributed by atoms with Gasteiger partial charge in [0.1, 0.15) is 5.75 Å². The molecule has 2 aromatic rings. The third kappa shape index (κ3) is 5.33. The van der Waals surface area contributed by atoms with E-state index in [2.05, 4.69) is 28.8 Å². The first kappa shape index (κ1) is 16.9. The fourth-order valence-electron chi connectivity index (χ4n) is 2.30. The SMILES string of the molecule is COc1ccc(CCNC(=O)CNc2cc(C)ccc2C)cc1. The van der Waals surface area contributed by atoms with E-state index in [0.29, 0.717) is 6.54 Å². The van der Waals surface area contributed by atoms with Gasteiger partial charge >= 0.3 is 0 Å². The molecule has 2 aromatic carbocycles. The standard InChI is InChI=1S/C19H24N2O2/c1-14-4-5-15(2)18(12-14)21-13-19(22)20-11-10-16-6-8-17(23-3)9-7-16/h4-9,12,21H,10-11,13H2,1-3H3,(H,20,22). The van der Waals surface area contributed by atoms with Gasteiger partial charge < -0.3 is 15.4 Å². The number of ether oxygens (including phenoxy) is 1. The van der Waals surface area contributed by atoms with Crippen molar-refractivity contribution in [2.75, 3.05) is 25.5 Å². The Morgan fingerprint density at radius 1 is 1.09 bits per heavy atom. The van der Waals surface area contributed by atoms with E-state index >= 15 is 0 Å². The van der Waals surface area contributed by atoms with E-state index in [1.807, 2.05) is 38.1 Å². The quantitative estimate of drug-likeness (QED) is 0.826. The van der Waals surface area contributed by atoms with Crippen molar-refractivity contribution in [2.45, 2.75) is 20.3 Å². The van der Waals surface area contributed by atoms with E-state index in [4.69, 9.17) is 4.74 Å². The second-order valence-electron chi connectivity index (χ2n) is 5.62. The predicted molar refractivity (Wildman–Crippen MR) is 94.1 cm³/mol. The summed E-state index contributed by atoms with van der Waals surface area (Å²) in [6, 6.07) is 14.1. The molecule has 0 saturated carbocycles. The smallest absolute Gasteiger partial charge is 0.239 e. The monoisotopic (exact) mass is 312 g/mol. The zero-order valence-corrected chi connectivity index (χ0v) is 14.0. The van der Waals surface area contributed by atoms with E-state index in [1.165, 1.54) is 11.1 Å². The van der Waals surface area contributed by atoms with Gasteiger partial charge in [-0.25, -0.2) is 0 Å². The number of carbonyl (C=O) groups excluding carboxylic acids is 1. The first-order valence-corrected chi connectivity index (χ1v) is 7.79. The van der Waals surface area contributed by atoms with Crippen LogP contribution >= 0.6 is 0 Å². The van der Waals surface area contributed by atoms with Crippen molar-refractivity contribution in [2.24, 2.45) is 0 Å². The highest BCUT2D eigenvalue weighted by molar-refractivity contribution is 5.81. The molecule has 0 radical (unpaired) electrons. The van der Waals surface area contributed by atoms with Crippen LogP contribution in [-0.4, -0.2) is 26.1 Å². The molecule has 0 bridgehead atoms. The van der Waals surface area contributed by atoms with Crippen LogP contribution < -0.4 is 15.4 Å². The van der Waals surface area contributed by atoms with Gasteiger partial charge in [0.05, 0.1) is 13.7 Å². The highest BCUT2D eigenvalue weighted by Crippen LogP contribution is 2.15. The first-order valence-electron chi connectivity index (χ1n) is 7.79. The van der Waals surface area contributed by atoms with Crippen molar-refractivity contribution < 1.29 is 9.53 Å². The second-order valence-corrected chi connectivity index (χ2v) is 5.62. The number of hydrogen-bond donors (Lipinski definition) is 2. The van der Waals surface area contributed by atoms with Gasteiger partial charge in [-0.05, 0) is 55.2 Å². The maximum atomic E-state index is 11.9. The Balaban J connectivity index is 1.73. The van der Waals surface area contributed by atoms with Gasteiger partial charge in [-0.2, -0.15) is 0 Å². The maximum Gasteiger partial charge on any atom is 0.239 e. The van der Waals surface area contributed by atoms with E-state index in [0.717, 1.165) is 23.4 Å². The Hall–Kier alpha value is -2.49. The number of methoxy groups -OCH3 is 1. The van der Waals surface area contributed by atoms with Crippen LogP contribution in [0.25, 0.3) is 0 Å². The summed E-state index contributed by atoms with van der Waals surface area (Å²) in [5, 5.41) is 6.12. The number of nitrogens with one attached hydrogen (secondary N) is 2. The summed E-state index contributed by atoms with van der Waals surface area (Å²) in [6.07, 6.45) is 0.805. The molecule has 0 unspecified atom stereocenters. The average molecular weight is 312 g/mol. The molecule has 122 valence electrons. The van der Waals surface area contributed by atoms with Crippen LogP contribution in [-0.2, 0) is 11.2 Å². The van der Waals surface area contributed by atoms with Gasteiger partial charge in [0, 0.05) is 12.2 Å². The Kier molecular flexibility index (Phi) is 6.03. The van der Waals surface area contributed by atoms with Crippen LogP contribution in [0.5, 0.6) is 5.75 Å². The second kappa shape index (κ2) is 8.22. The van der Waals surface area contributed by atoms with E-state index in [-0.39, 0.29) is 12.5 Å². The molecule has 4 heteroatoms. The summed E-state index contributed by atoms with van der Waals surface area (Å²) < 4.78 is 5.13. The lowest BCUT2D eigenvalue weighted by Crippen LogP contribution is -2.31. The normalized spacial score (nSPS) is 10.2. The minimum Gasteiger partial charge on any atom is -0.497 e. The van der Waals surface area contributed by atoms with Gasteiger partial charge in [-0.3, -0.25) is 4.79 Å². The largest absolute Gasteiger partial charge is 0.497 e. The van der Waals surface area contributed by atoms with Crippen LogP contribution in [0.3, 0.4) is 0 Å². The molecule has 0 heterocycles. The van der Waals surface area contributed by atoms with Crippen LogP contribution in [0.2, 0.25) is 0 Å². The Morgan fingerprint density at radius 3 is 2.52 bits per heavy atom. The highest BCUT2D eigenvalue weighted by atomic mass is 16.5. The molecule has 4 nitrogen and oxygen atoms in total. The Bertz CT molecular complexity index is 651. The number of anilines is 1. The molecule has 0 aliphatic heterocycles. The lowest BCUT2D eigenvalue weighted by molar-refractivity contribution is -0.119. The summed E-state index contributed by atoms with van der Waals surface area (Å²) in [5.41, 5.74) is 4.50. The molecule has 23 heavy (non-hydrogen) atoms. The van der Waals surface area contributed by atoms with Gasteiger partial charge in [0.25, 0.3) is 0 Å². The van der Waals surface area contributed by atoms with Crippen molar-refractivity contribution in [1.82, 2.24) is 5.32 Å². The number of rotatable bonds is 7. The highest BCUT2D eigenvalue weighted by Gasteiger charge is 2.03. The molecule has 2 N–H and O–H groups in total. The summed E-state index contributed by atoms with van der Waals surface area (Å²) >= 11 is 0. The molecule has 2 rings (SSSR count). The first-order chi connectivity index (χ1) is 11.1. The maximum absolute atomic E-state index is 11.9. The Morgan fingerprint density at radius 2 is 1.83 bits per heavy atom. The lowest BCUT2D eigenvalue weighted by atomic mass is 10.1. The number of aryl methyl sites for hydroxylation is 2. The van der Waals surface area contributed by atoms with E-state index in [1.54, 1.807) is 7.11 Å². The van der Waals surface area contributed by atoms with Crippen molar-refractivity contribution in [1.29, 1.82) is 0 Å². The molecule has 0 aliphatic rings. The summed E-state index contributed by atoms with van der Waals surface area (Å²) in [4.78, 5) is 11.9. The fraction of sp³-hybridized carbons (Fsp3) is 0.316. The number of hydrogen-bond acceptors (Lipinski definition) is 3. The lowest BCUT2D eigenvalue weighted by Gasteiger charge is -2.11. The van der Waals surface area contributed by atoms with Crippen LogP contribution in [0, 0.1) is 13.8 Å². The van der Waals surface area contributed by atoms with Crippen molar-refractivity contribution in [3.05, 3.63) is 59.2 Å². The molecular formula is C19H24N2O2. The number of carbonyl (C=O) groups is 1. The third-order valence-corrected chi connectivity index (χ3v) is 3.73. The molecule has 0 saturated heterocycles. The van der Waals surface area contributed by atoms with Crippen LogP contribution in [0.15, 0.2) is 42.5 Å². The average Bonchev–Trinajstić information content (AvgIpc) is 2.56. The zero-order valence-electron chi connectivity index (χ0n) is 14.0. The van der Waals surface area contributed by atoms with Gasteiger partial charge in [-0.15, -0.1) is 0 Å². The minimum atomic E-state index is -0.000539. The summed E-state index contributed by atoms with van der Waals surface area (Å²) in [7, 11) is 1.65.